The number of aldehydes is 1. The van der Waals surface area contributed by atoms with E-state index in [2.05, 4.69) is 43.0 Å². The number of anilines is 1. The molecule has 2 fully saturated rings. The molecule has 3 aromatic rings. The number of likely N-dealkylation sites (tertiary alicyclic amines) is 1. The summed E-state index contributed by atoms with van der Waals surface area (Å²) in [5.41, 5.74) is 3.29. The Hall–Kier alpha value is -5.28. The summed E-state index contributed by atoms with van der Waals surface area (Å²) >= 11 is 0. The van der Waals surface area contributed by atoms with Gasteiger partial charge in [0.2, 0.25) is 11.8 Å². The largest absolute Gasteiger partial charge is 0.494 e. The van der Waals surface area contributed by atoms with Gasteiger partial charge in [-0.05, 0) is 67.9 Å². The first-order valence-electron chi connectivity index (χ1n) is 18.6. The Bertz CT molecular complexity index is 1900. The number of fused-ring (bicyclic) bond motifs is 2. The molecule has 4 aliphatic heterocycles. The van der Waals surface area contributed by atoms with Gasteiger partial charge in [0.25, 0.3) is 11.7 Å². The molecule has 3 amide bonds. The summed E-state index contributed by atoms with van der Waals surface area (Å²) in [6, 6.07) is 12.8. The van der Waals surface area contributed by atoms with Crippen LogP contribution in [0.2, 0.25) is 0 Å². The van der Waals surface area contributed by atoms with Crippen molar-refractivity contribution in [1.82, 2.24) is 30.0 Å². The fourth-order valence-electron chi connectivity index (χ4n) is 7.75. The van der Waals surface area contributed by atoms with Gasteiger partial charge < -0.3 is 24.6 Å². The molecule has 4 aliphatic rings. The Labute approximate surface area is 310 Å². The molecular weight excluding hydrogens is 705 g/mol. The number of carbonyl (C=O) groups is 4. The second-order valence-corrected chi connectivity index (χ2v) is 14.3. The van der Waals surface area contributed by atoms with E-state index in [1.807, 2.05) is 18.2 Å². The zero-order valence-electron chi connectivity index (χ0n) is 29.8. The van der Waals surface area contributed by atoms with E-state index in [4.69, 9.17) is 4.74 Å². The number of imide groups is 1. The Balaban J connectivity index is 0.803. The third-order valence-electron chi connectivity index (χ3n) is 10.8. The van der Waals surface area contributed by atoms with E-state index in [0.717, 1.165) is 60.1 Å². The molecule has 16 heteroatoms. The van der Waals surface area contributed by atoms with E-state index in [9.17, 15) is 32.3 Å². The highest BCUT2D eigenvalue weighted by Crippen LogP contribution is 2.34. The van der Waals surface area contributed by atoms with Gasteiger partial charge in [0.1, 0.15) is 23.9 Å². The summed E-state index contributed by atoms with van der Waals surface area (Å²) in [5.74, 6) is -0.293. The van der Waals surface area contributed by atoms with Crippen LogP contribution in [0.15, 0.2) is 47.6 Å². The molecule has 13 nitrogen and oxygen atoms in total. The van der Waals surface area contributed by atoms with Gasteiger partial charge >= 0.3 is 6.18 Å². The summed E-state index contributed by atoms with van der Waals surface area (Å²) in [6.07, 6.45) is 2.81. The maximum absolute atomic E-state index is 13.3. The van der Waals surface area contributed by atoms with Crippen molar-refractivity contribution < 1.29 is 37.1 Å². The van der Waals surface area contributed by atoms with E-state index in [1.165, 1.54) is 10.5 Å². The smallest absolute Gasteiger partial charge is 0.453 e. The number of rotatable bonds is 13. The Kier molecular flexibility index (Phi) is 11.0. The van der Waals surface area contributed by atoms with Crippen LogP contribution in [-0.4, -0.2) is 86.8 Å². The SMILES string of the molecule is O=CC(CCCCCOc1ccc(C2CCN(C3=Nn4c(nnc4C(F)(F)F)CC3)CC2)cc1)CNc1cccc2c1CN(C1CCC(=O)NC1=O)C2=O. The minimum Gasteiger partial charge on any atom is -0.494 e. The molecule has 2 saturated heterocycles. The van der Waals surface area contributed by atoms with Crippen LogP contribution in [0.1, 0.15) is 96.8 Å². The molecule has 0 aliphatic carbocycles. The normalized spacial score (nSPS) is 19.6. The maximum Gasteiger partial charge on any atom is 0.453 e. The average Bonchev–Trinajstić information content (AvgIpc) is 3.76. The van der Waals surface area contributed by atoms with Crippen LogP contribution in [0.25, 0.3) is 0 Å². The Morgan fingerprint density at radius 3 is 2.50 bits per heavy atom. The molecule has 1 aromatic heterocycles. The number of aryl methyl sites for hydroxylation is 1. The summed E-state index contributed by atoms with van der Waals surface area (Å²) in [4.78, 5) is 52.6. The second-order valence-electron chi connectivity index (χ2n) is 14.3. The number of hydrogen-bond acceptors (Lipinski definition) is 10. The van der Waals surface area contributed by atoms with Gasteiger partial charge in [-0.15, -0.1) is 10.2 Å². The molecule has 2 atom stereocenters. The van der Waals surface area contributed by atoms with Gasteiger partial charge in [-0.25, -0.2) is 0 Å². The first-order valence-corrected chi connectivity index (χ1v) is 18.6. The van der Waals surface area contributed by atoms with E-state index >= 15 is 0 Å². The molecule has 54 heavy (non-hydrogen) atoms. The summed E-state index contributed by atoms with van der Waals surface area (Å²) < 4.78 is 46.8. The molecule has 286 valence electrons. The fourth-order valence-corrected chi connectivity index (χ4v) is 7.75. The zero-order chi connectivity index (χ0) is 37.8. The van der Waals surface area contributed by atoms with Gasteiger partial charge in [0.15, 0.2) is 5.82 Å². The second kappa shape index (κ2) is 16.0. The predicted octanol–water partition coefficient (Wildman–Crippen LogP) is 4.91. The molecule has 2 unspecified atom stereocenters. The minimum atomic E-state index is -4.61. The van der Waals surface area contributed by atoms with Crippen LogP contribution in [0.3, 0.4) is 0 Å². The van der Waals surface area contributed by atoms with E-state index < -0.39 is 23.9 Å². The Morgan fingerprint density at radius 2 is 1.76 bits per heavy atom. The summed E-state index contributed by atoms with van der Waals surface area (Å²) in [6.45, 7) is 2.67. The average molecular weight is 749 g/mol. The van der Waals surface area contributed by atoms with Crippen molar-refractivity contribution in [2.45, 2.75) is 88.9 Å². The highest BCUT2D eigenvalue weighted by Gasteiger charge is 2.41. The number of amides is 3. The number of nitrogens with zero attached hydrogens (tertiary/aromatic N) is 6. The van der Waals surface area contributed by atoms with Crippen molar-refractivity contribution in [3.05, 3.63) is 70.8 Å². The van der Waals surface area contributed by atoms with Gasteiger partial charge in [-0.2, -0.15) is 22.9 Å². The van der Waals surface area contributed by atoms with Crippen molar-refractivity contribution in [3.8, 4) is 5.75 Å². The van der Waals surface area contributed by atoms with Crippen LogP contribution in [-0.2, 0) is 33.5 Å². The molecule has 0 bridgehead atoms. The van der Waals surface area contributed by atoms with Crippen LogP contribution >= 0.6 is 0 Å². The van der Waals surface area contributed by atoms with Crippen molar-refractivity contribution in [3.63, 3.8) is 0 Å². The number of unbranched alkanes of at least 4 members (excludes halogenated alkanes) is 2. The Morgan fingerprint density at radius 1 is 0.963 bits per heavy atom. The lowest BCUT2D eigenvalue weighted by atomic mass is 9.89. The highest BCUT2D eigenvalue weighted by molar-refractivity contribution is 6.06. The number of halogens is 3. The van der Waals surface area contributed by atoms with Crippen LogP contribution in [0.4, 0.5) is 18.9 Å². The molecule has 0 spiro atoms. The van der Waals surface area contributed by atoms with E-state index in [0.29, 0.717) is 69.2 Å². The van der Waals surface area contributed by atoms with Gasteiger partial charge in [-0.1, -0.05) is 31.0 Å². The predicted molar refractivity (Wildman–Crippen MR) is 191 cm³/mol. The van der Waals surface area contributed by atoms with Crippen LogP contribution in [0, 0.1) is 5.92 Å². The fraction of sp³-hybridized carbons (Fsp3) is 0.500. The number of carbonyl (C=O) groups excluding carboxylic acids is 4. The third kappa shape index (κ3) is 8.11. The van der Waals surface area contributed by atoms with Crippen LogP contribution < -0.4 is 15.4 Å². The van der Waals surface area contributed by atoms with E-state index in [-0.39, 0.29) is 36.5 Å². The number of piperidine rings is 2. The number of alkyl halides is 3. The summed E-state index contributed by atoms with van der Waals surface area (Å²) in [5, 5.41) is 16.9. The van der Waals surface area contributed by atoms with Crippen molar-refractivity contribution >= 4 is 35.5 Å². The molecule has 7 rings (SSSR count). The minimum absolute atomic E-state index is 0.195. The quantitative estimate of drug-likeness (QED) is 0.141. The monoisotopic (exact) mass is 748 g/mol. The standard InChI is InChI=1S/C38H43F3N8O5/c39-38(40,41)37-45-44-32-13-14-33(46-49(32)37)47-18-16-26(17-19-47)25-8-10-27(11-9-25)54-20-3-1-2-5-24(23-50)21-42-30-7-4-6-28-29(30)22-48(36(28)53)31-12-15-34(51)43-35(31)52/h4,6-11,23-24,26,31,42H,1-3,5,12-22H2,(H,43,51,52). The number of hydrogen-bond donors (Lipinski definition) is 2. The molecule has 2 N–H and O–H groups in total. The van der Waals surface area contributed by atoms with Crippen molar-refractivity contribution in [1.29, 1.82) is 0 Å². The number of nitrogens with one attached hydrogen (secondary N) is 2. The molecular formula is C38H43F3N8O5. The number of ether oxygens (including phenoxy) is 1. The third-order valence-corrected chi connectivity index (χ3v) is 10.8. The topological polar surface area (TPSA) is 151 Å². The molecule has 5 heterocycles. The van der Waals surface area contributed by atoms with Gasteiger partial charge in [0, 0.05) is 68.2 Å². The number of amidine groups is 1. The molecule has 0 radical (unpaired) electrons. The summed E-state index contributed by atoms with van der Waals surface area (Å²) in [7, 11) is 0. The first kappa shape index (κ1) is 37.1. The lowest BCUT2D eigenvalue weighted by molar-refractivity contribution is -0.147. The van der Waals surface area contributed by atoms with Gasteiger partial charge in [-0.3, -0.25) is 19.7 Å². The maximum atomic E-state index is 13.3. The van der Waals surface area contributed by atoms with Crippen molar-refractivity contribution in [2.75, 3.05) is 31.6 Å². The number of benzene rings is 2. The molecule has 0 saturated carbocycles. The van der Waals surface area contributed by atoms with Crippen molar-refractivity contribution in [2.24, 2.45) is 11.0 Å². The number of aromatic nitrogens is 3. The first-order chi connectivity index (χ1) is 26.1. The van der Waals surface area contributed by atoms with Gasteiger partial charge in [0.05, 0.1) is 6.61 Å². The highest BCUT2D eigenvalue weighted by atomic mass is 19.4. The lowest BCUT2D eigenvalue weighted by Gasteiger charge is -2.35. The lowest BCUT2D eigenvalue weighted by Crippen LogP contribution is -2.52. The van der Waals surface area contributed by atoms with Crippen LogP contribution in [0.5, 0.6) is 5.75 Å². The van der Waals surface area contributed by atoms with E-state index in [1.54, 1.807) is 12.1 Å². The zero-order valence-corrected chi connectivity index (χ0v) is 29.8. The molecule has 2 aromatic carbocycles.